The van der Waals surface area contributed by atoms with Gasteiger partial charge in [-0.1, -0.05) is 18.2 Å². The second-order valence-electron chi connectivity index (χ2n) is 7.18. The number of aliphatic hydroxyl groups excluding tert-OH is 1. The van der Waals surface area contributed by atoms with Crippen molar-refractivity contribution in [2.45, 2.75) is 35.8 Å². The van der Waals surface area contributed by atoms with Crippen molar-refractivity contribution in [2.24, 2.45) is 0 Å². The number of rotatable bonds is 4. The van der Waals surface area contributed by atoms with E-state index in [1.54, 1.807) is 23.0 Å². The molecular weight excluding hydrogens is 429 g/mol. The number of piperidine rings is 1. The molecule has 8 nitrogen and oxygen atoms in total. The minimum atomic E-state index is -0.446. The number of halogens is 1. The molecule has 0 spiro atoms. The highest BCUT2D eigenvalue weighted by Gasteiger charge is 2.17. The lowest BCUT2D eigenvalue weighted by molar-refractivity contribution is 0.277. The molecule has 0 atom stereocenters. The van der Waals surface area contributed by atoms with Gasteiger partial charge in [0.1, 0.15) is 11.1 Å². The number of H-pyrrole nitrogens is 1. The molecule has 0 radical (unpaired) electrons. The number of nitrogens with zero attached hydrogens (tertiary/aromatic N) is 5. The summed E-state index contributed by atoms with van der Waals surface area (Å²) in [5.41, 5.74) is 2.93. The highest BCUT2D eigenvalue weighted by molar-refractivity contribution is 7.99. The Morgan fingerprint density at radius 2 is 2.09 bits per heavy atom. The molecule has 5 rings (SSSR count). The minimum absolute atomic E-state index is 0.200. The number of nitrogens with one attached hydrogen (secondary N) is 2. The molecule has 0 saturated carbocycles. The number of fused-ring (bicyclic) bond motifs is 1. The smallest absolute Gasteiger partial charge is 0.155 e. The Hall–Kier alpha value is -3.26. The van der Waals surface area contributed by atoms with Gasteiger partial charge in [0.2, 0.25) is 0 Å². The van der Waals surface area contributed by atoms with E-state index in [0.29, 0.717) is 27.2 Å². The van der Waals surface area contributed by atoms with Gasteiger partial charge in [0.05, 0.1) is 35.8 Å². The lowest BCUT2D eigenvalue weighted by Crippen LogP contribution is -2.21. The van der Waals surface area contributed by atoms with E-state index in [1.165, 1.54) is 56.9 Å². The van der Waals surface area contributed by atoms with Gasteiger partial charge in [-0.15, -0.1) is 0 Å². The van der Waals surface area contributed by atoms with Gasteiger partial charge in [-0.05, 0) is 44.1 Å². The molecule has 4 aromatic rings. The summed E-state index contributed by atoms with van der Waals surface area (Å²) < 4.78 is 15.6. The normalized spacial score (nSPS) is 13.4. The summed E-state index contributed by atoms with van der Waals surface area (Å²) >= 11 is 1.11. The first-order valence-electron chi connectivity index (χ1n) is 10.3. The first kappa shape index (κ1) is 22.0. The fraction of sp³-hybridized carbons (Fsp3) is 0.273. The lowest BCUT2D eigenvalue weighted by atomic mass is 10.1. The Kier molecular flexibility index (Phi) is 7.11. The molecule has 0 bridgehead atoms. The van der Waals surface area contributed by atoms with Crippen molar-refractivity contribution in [3.8, 4) is 17.2 Å². The fourth-order valence-electron chi connectivity index (χ4n) is 3.43. The highest BCUT2D eigenvalue weighted by Crippen LogP contribution is 2.36. The Morgan fingerprint density at radius 3 is 2.75 bits per heavy atom. The Morgan fingerprint density at radius 1 is 1.25 bits per heavy atom. The van der Waals surface area contributed by atoms with Crippen LogP contribution in [-0.2, 0) is 6.61 Å². The van der Waals surface area contributed by atoms with E-state index in [0.717, 1.165) is 17.3 Å². The van der Waals surface area contributed by atoms with Gasteiger partial charge < -0.3 is 10.4 Å². The quantitative estimate of drug-likeness (QED) is 0.435. The van der Waals surface area contributed by atoms with Gasteiger partial charge in [-0.2, -0.15) is 15.5 Å². The van der Waals surface area contributed by atoms with E-state index in [1.807, 2.05) is 0 Å². The number of aromatic amines is 1. The van der Waals surface area contributed by atoms with Crippen molar-refractivity contribution in [2.75, 3.05) is 13.1 Å². The van der Waals surface area contributed by atoms with Crippen molar-refractivity contribution in [3.05, 3.63) is 60.1 Å². The maximum absolute atomic E-state index is 14.1. The number of hydrogen-bond donors (Lipinski definition) is 3. The summed E-state index contributed by atoms with van der Waals surface area (Å²) in [5, 5.41) is 33.2. The number of hydrogen-bond acceptors (Lipinski definition) is 7. The predicted molar refractivity (Wildman–Crippen MR) is 118 cm³/mol. The van der Waals surface area contributed by atoms with E-state index in [4.69, 9.17) is 0 Å². The molecule has 1 aliphatic heterocycles. The van der Waals surface area contributed by atoms with Gasteiger partial charge in [0, 0.05) is 28.4 Å². The largest absolute Gasteiger partial charge is 0.390 e. The van der Waals surface area contributed by atoms with Crippen molar-refractivity contribution >= 4 is 17.3 Å². The monoisotopic (exact) mass is 451 g/mol. The van der Waals surface area contributed by atoms with Crippen LogP contribution in [-0.4, -0.2) is 43.0 Å². The van der Waals surface area contributed by atoms with E-state index in [-0.39, 0.29) is 11.6 Å². The van der Waals surface area contributed by atoms with Crippen molar-refractivity contribution in [3.63, 3.8) is 0 Å². The maximum Gasteiger partial charge on any atom is 0.155 e. The van der Waals surface area contributed by atoms with Crippen LogP contribution in [0.4, 0.5) is 4.39 Å². The van der Waals surface area contributed by atoms with Crippen LogP contribution in [0, 0.1) is 17.1 Å². The van der Waals surface area contributed by atoms with Crippen LogP contribution in [0.5, 0.6) is 0 Å². The van der Waals surface area contributed by atoms with Gasteiger partial charge >= 0.3 is 0 Å². The summed E-state index contributed by atoms with van der Waals surface area (Å²) in [4.78, 5) is 4.69. The van der Waals surface area contributed by atoms with E-state index < -0.39 is 5.82 Å². The molecule has 10 heteroatoms. The predicted octanol–water partition coefficient (Wildman–Crippen LogP) is 3.53. The molecule has 164 valence electrons. The van der Waals surface area contributed by atoms with Crippen LogP contribution in [0.2, 0.25) is 0 Å². The summed E-state index contributed by atoms with van der Waals surface area (Å²) in [6.07, 6.45) is 10.5. The highest BCUT2D eigenvalue weighted by atomic mass is 32.2. The molecule has 32 heavy (non-hydrogen) atoms. The van der Waals surface area contributed by atoms with Crippen LogP contribution in [0.15, 0.2) is 52.9 Å². The molecular formula is C22H22FN7OS. The zero-order valence-electron chi connectivity index (χ0n) is 17.3. The third-order valence-electron chi connectivity index (χ3n) is 5.02. The third kappa shape index (κ3) is 4.80. The second kappa shape index (κ2) is 10.4. The Bertz CT molecular complexity index is 1230. The molecule has 0 unspecified atom stereocenters. The molecule has 1 fully saturated rings. The maximum atomic E-state index is 14.1. The zero-order chi connectivity index (χ0) is 22.3. The molecule has 1 saturated heterocycles. The number of pyridine rings is 2. The van der Waals surface area contributed by atoms with Crippen LogP contribution in [0.1, 0.15) is 30.5 Å². The summed E-state index contributed by atoms with van der Waals surface area (Å²) in [7, 11) is 0. The topological polar surface area (TPSA) is 115 Å². The Labute approximate surface area is 188 Å². The van der Waals surface area contributed by atoms with Gasteiger partial charge in [-0.25, -0.2) is 13.9 Å². The van der Waals surface area contributed by atoms with Crippen molar-refractivity contribution in [1.29, 1.82) is 5.26 Å². The van der Waals surface area contributed by atoms with Gasteiger partial charge in [-0.3, -0.25) is 5.10 Å². The molecule has 0 aromatic carbocycles. The van der Waals surface area contributed by atoms with Crippen molar-refractivity contribution in [1.82, 2.24) is 30.1 Å². The molecule has 1 aliphatic rings. The molecule has 0 aliphatic carbocycles. The molecule has 5 heterocycles. The van der Waals surface area contributed by atoms with Crippen molar-refractivity contribution < 1.29 is 9.50 Å². The minimum Gasteiger partial charge on any atom is -0.390 e. The first-order chi connectivity index (χ1) is 15.7. The number of aromatic nitrogens is 5. The summed E-state index contributed by atoms with van der Waals surface area (Å²) in [6, 6.07) is 6.75. The zero-order valence-corrected chi connectivity index (χ0v) is 18.1. The number of nitriles is 1. The fourth-order valence-corrected chi connectivity index (χ4v) is 4.40. The standard InChI is InChI=1S/C17H11FN6OS.C5H11N/c18-13-2-1-3-20-17(13)26-15-4-10(12-7-21-23-14(12)9-25)8-24-16(15)11(5-19)6-22-24;1-2-4-6-5-3-1/h1-4,6-8,25H,9H2,(H,21,23);6H,1-5H2. The van der Waals surface area contributed by atoms with Crippen LogP contribution in [0.3, 0.4) is 0 Å². The average Bonchev–Trinajstić information content (AvgIpc) is 3.49. The lowest BCUT2D eigenvalue weighted by Gasteiger charge is -2.09. The van der Waals surface area contributed by atoms with Crippen LogP contribution >= 0.6 is 11.8 Å². The van der Waals surface area contributed by atoms with E-state index >= 15 is 0 Å². The van der Waals surface area contributed by atoms with Gasteiger partial charge in [0.15, 0.2) is 5.82 Å². The molecule has 3 N–H and O–H groups in total. The third-order valence-corrected chi connectivity index (χ3v) is 6.05. The van der Waals surface area contributed by atoms with E-state index in [9.17, 15) is 14.8 Å². The average molecular weight is 452 g/mol. The Balaban J connectivity index is 0.000000354. The van der Waals surface area contributed by atoms with E-state index in [2.05, 4.69) is 31.7 Å². The second-order valence-corrected chi connectivity index (χ2v) is 8.21. The molecule has 4 aromatic heterocycles. The summed E-state index contributed by atoms with van der Waals surface area (Å²) in [6.45, 7) is 2.30. The van der Waals surface area contributed by atoms with Crippen LogP contribution in [0.25, 0.3) is 16.6 Å². The number of aliphatic hydroxyl groups is 1. The molecule has 0 amide bonds. The van der Waals surface area contributed by atoms with Crippen LogP contribution < -0.4 is 5.32 Å². The SMILES string of the molecule is C1CCNCC1.N#Cc1cnn2cc(-c3cn[nH]c3CO)cc(Sc3ncccc3F)c12. The summed E-state index contributed by atoms with van der Waals surface area (Å²) in [5.74, 6) is -0.446. The van der Waals surface area contributed by atoms with Gasteiger partial charge in [0.25, 0.3) is 0 Å². The first-order valence-corrected chi connectivity index (χ1v) is 11.1.